The van der Waals surface area contributed by atoms with E-state index in [9.17, 15) is 9.18 Å². The van der Waals surface area contributed by atoms with Crippen molar-refractivity contribution in [2.75, 3.05) is 25.5 Å². The number of rotatable bonds is 3. The Morgan fingerprint density at radius 1 is 1.19 bits per heavy atom. The van der Waals surface area contributed by atoms with Crippen LogP contribution in [0.2, 0.25) is 0 Å². The van der Waals surface area contributed by atoms with Gasteiger partial charge in [0.1, 0.15) is 5.82 Å². The Morgan fingerprint density at radius 2 is 1.81 bits per heavy atom. The van der Waals surface area contributed by atoms with Crippen LogP contribution in [0.1, 0.15) is 61.4 Å². The van der Waals surface area contributed by atoms with E-state index in [4.69, 9.17) is 0 Å². The highest BCUT2D eigenvalue weighted by Crippen LogP contribution is 2.28. The van der Waals surface area contributed by atoms with Gasteiger partial charge in [-0.3, -0.25) is 4.79 Å². The number of likely N-dealkylation sites (tertiary alicyclic amines) is 1. The molecule has 1 N–H and O–H groups in total. The summed E-state index contributed by atoms with van der Waals surface area (Å²) in [6.45, 7) is 7.27. The molecule has 0 aromatic carbocycles. The minimum atomic E-state index is -0.543. The molecule has 2 aromatic heterocycles. The van der Waals surface area contributed by atoms with Crippen molar-refractivity contribution in [3.63, 3.8) is 0 Å². The molecule has 144 valence electrons. The Kier molecular flexibility index (Phi) is 5.34. The first kappa shape index (κ1) is 19.1. The van der Waals surface area contributed by atoms with Crippen LogP contribution in [0.4, 0.5) is 10.3 Å². The van der Waals surface area contributed by atoms with E-state index in [0.29, 0.717) is 30.2 Å². The fraction of sp³-hybridized carbons (Fsp3) is 0.526. The van der Waals surface area contributed by atoms with E-state index in [1.54, 1.807) is 24.3 Å². The van der Waals surface area contributed by atoms with Crippen molar-refractivity contribution in [3.05, 3.63) is 41.5 Å². The van der Waals surface area contributed by atoms with Crippen molar-refractivity contribution in [2.24, 2.45) is 0 Å². The van der Waals surface area contributed by atoms with Crippen LogP contribution in [0, 0.1) is 5.95 Å². The number of nitrogens with one attached hydrogen (secondary N) is 1. The van der Waals surface area contributed by atoms with E-state index in [0.717, 1.165) is 12.8 Å². The average Bonchev–Trinajstić information content (AvgIpc) is 2.66. The predicted octanol–water partition coefficient (Wildman–Crippen LogP) is 2.76. The van der Waals surface area contributed by atoms with Crippen LogP contribution in [-0.4, -0.2) is 50.9 Å². The lowest BCUT2D eigenvalue weighted by Crippen LogP contribution is -2.38. The average molecular weight is 372 g/mol. The molecular weight excluding hydrogens is 347 g/mol. The van der Waals surface area contributed by atoms with Gasteiger partial charge in [0.2, 0.25) is 11.9 Å². The molecule has 7 nitrogen and oxygen atoms in total. The van der Waals surface area contributed by atoms with Crippen molar-refractivity contribution in [1.82, 2.24) is 24.8 Å². The SMILES string of the molecule is CNc1nc(F)cc(C2CCN(C(=O)c3cnc(C(C)(C)C)nc3)CC2)n1. The van der Waals surface area contributed by atoms with Gasteiger partial charge in [0, 0.05) is 49.9 Å². The molecule has 1 amide bonds. The molecule has 0 unspecified atom stereocenters. The monoisotopic (exact) mass is 372 g/mol. The minimum Gasteiger partial charge on any atom is -0.357 e. The summed E-state index contributed by atoms with van der Waals surface area (Å²) >= 11 is 0. The molecule has 0 aliphatic carbocycles. The predicted molar refractivity (Wildman–Crippen MR) is 100 cm³/mol. The maximum Gasteiger partial charge on any atom is 0.256 e. The number of hydrogen-bond donors (Lipinski definition) is 1. The van der Waals surface area contributed by atoms with Crippen LogP contribution in [-0.2, 0) is 5.41 Å². The summed E-state index contributed by atoms with van der Waals surface area (Å²) < 4.78 is 13.6. The van der Waals surface area contributed by atoms with E-state index in [2.05, 4.69) is 25.3 Å². The van der Waals surface area contributed by atoms with Gasteiger partial charge in [-0.2, -0.15) is 9.37 Å². The van der Waals surface area contributed by atoms with Gasteiger partial charge < -0.3 is 10.2 Å². The highest BCUT2D eigenvalue weighted by molar-refractivity contribution is 5.93. The Morgan fingerprint density at radius 3 is 2.37 bits per heavy atom. The van der Waals surface area contributed by atoms with Crippen LogP contribution in [0.25, 0.3) is 0 Å². The summed E-state index contributed by atoms with van der Waals surface area (Å²) in [6.07, 6.45) is 4.65. The van der Waals surface area contributed by atoms with Crippen molar-refractivity contribution in [2.45, 2.75) is 44.9 Å². The second-order valence-corrected chi connectivity index (χ2v) is 7.80. The normalized spacial score (nSPS) is 15.7. The second-order valence-electron chi connectivity index (χ2n) is 7.80. The second kappa shape index (κ2) is 7.54. The molecule has 0 spiro atoms. The highest BCUT2D eigenvalue weighted by Gasteiger charge is 2.27. The molecule has 3 heterocycles. The van der Waals surface area contributed by atoms with Gasteiger partial charge >= 0.3 is 0 Å². The lowest BCUT2D eigenvalue weighted by atomic mass is 9.93. The zero-order chi connectivity index (χ0) is 19.6. The van der Waals surface area contributed by atoms with Crippen LogP contribution in [0.15, 0.2) is 18.5 Å². The molecule has 27 heavy (non-hydrogen) atoms. The smallest absolute Gasteiger partial charge is 0.256 e. The van der Waals surface area contributed by atoms with Crippen molar-refractivity contribution >= 4 is 11.9 Å². The highest BCUT2D eigenvalue weighted by atomic mass is 19.1. The molecule has 1 aliphatic rings. The summed E-state index contributed by atoms with van der Waals surface area (Å²) in [6, 6.07) is 1.38. The number of aromatic nitrogens is 4. The molecule has 8 heteroatoms. The van der Waals surface area contributed by atoms with Gasteiger partial charge in [0.25, 0.3) is 5.91 Å². The number of carbonyl (C=O) groups is 1. The van der Waals surface area contributed by atoms with Crippen LogP contribution >= 0.6 is 0 Å². The molecule has 0 bridgehead atoms. The quantitative estimate of drug-likeness (QED) is 0.834. The number of halogens is 1. The van der Waals surface area contributed by atoms with Crippen molar-refractivity contribution in [1.29, 1.82) is 0 Å². The molecule has 2 aromatic rings. The van der Waals surface area contributed by atoms with Gasteiger partial charge in [-0.1, -0.05) is 20.8 Å². The summed E-state index contributed by atoms with van der Waals surface area (Å²) in [7, 11) is 1.66. The van der Waals surface area contributed by atoms with E-state index in [1.807, 2.05) is 20.8 Å². The maximum atomic E-state index is 13.6. The zero-order valence-electron chi connectivity index (χ0n) is 16.2. The minimum absolute atomic E-state index is 0.0707. The first-order chi connectivity index (χ1) is 12.8. The van der Waals surface area contributed by atoms with Crippen LogP contribution in [0.3, 0.4) is 0 Å². The topological polar surface area (TPSA) is 83.9 Å². The fourth-order valence-electron chi connectivity index (χ4n) is 3.14. The first-order valence-electron chi connectivity index (χ1n) is 9.12. The van der Waals surface area contributed by atoms with Crippen LogP contribution in [0.5, 0.6) is 0 Å². The fourth-order valence-corrected chi connectivity index (χ4v) is 3.14. The third kappa shape index (κ3) is 4.37. The van der Waals surface area contributed by atoms with Crippen molar-refractivity contribution in [3.8, 4) is 0 Å². The molecular formula is C19H25FN6O. The summed E-state index contributed by atoms with van der Waals surface area (Å²) in [4.78, 5) is 31.2. The largest absolute Gasteiger partial charge is 0.357 e. The van der Waals surface area contributed by atoms with Gasteiger partial charge in [-0.15, -0.1) is 0 Å². The number of piperidine rings is 1. The Labute approximate surface area is 158 Å². The molecule has 1 aliphatic heterocycles. The maximum absolute atomic E-state index is 13.6. The number of anilines is 1. The number of carbonyl (C=O) groups excluding carboxylic acids is 1. The van der Waals surface area contributed by atoms with Gasteiger partial charge in [-0.25, -0.2) is 15.0 Å². The van der Waals surface area contributed by atoms with E-state index < -0.39 is 5.95 Å². The molecule has 0 saturated carbocycles. The third-order valence-electron chi connectivity index (χ3n) is 4.71. The molecule has 0 radical (unpaired) electrons. The first-order valence-corrected chi connectivity index (χ1v) is 9.12. The van der Waals surface area contributed by atoms with Gasteiger partial charge in [-0.05, 0) is 12.8 Å². The summed E-state index contributed by atoms with van der Waals surface area (Å²) in [5.74, 6) is 0.485. The van der Waals surface area contributed by atoms with E-state index >= 15 is 0 Å². The number of amides is 1. The molecule has 1 saturated heterocycles. The third-order valence-corrected chi connectivity index (χ3v) is 4.71. The Bertz CT molecular complexity index is 810. The molecule has 1 fully saturated rings. The zero-order valence-corrected chi connectivity index (χ0v) is 16.2. The summed E-state index contributed by atoms with van der Waals surface area (Å²) in [5, 5.41) is 2.77. The van der Waals surface area contributed by atoms with Gasteiger partial charge in [0.15, 0.2) is 0 Å². The number of nitrogens with zero attached hydrogens (tertiary/aromatic N) is 5. The standard InChI is InChI=1S/C19H25FN6O/c1-19(2,3)17-22-10-13(11-23-17)16(27)26-7-5-12(6-8-26)14-9-15(20)25-18(21-4)24-14/h9-12H,5-8H2,1-4H3,(H,21,24,25). The van der Waals surface area contributed by atoms with E-state index in [1.165, 1.54) is 6.07 Å². The molecule has 0 atom stereocenters. The number of hydrogen-bond acceptors (Lipinski definition) is 6. The lowest BCUT2D eigenvalue weighted by molar-refractivity contribution is 0.0711. The Hall–Kier alpha value is -2.64. The molecule has 3 rings (SSSR count). The Balaban J connectivity index is 1.65. The lowest BCUT2D eigenvalue weighted by Gasteiger charge is -2.31. The van der Waals surface area contributed by atoms with E-state index in [-0.39, 0.29) is 23.2 Å². The van der Waals surface area contributed by atoms with Crippen LogP contribution < -0.4 is 5.32 Å². The van der Waals surface area contributed by atoms with Crippen molar-refractivity contribution < 1.29 is 9.18 Å². The summed E-state index contributed by atoms with van der Waals surface area (Å²) in [5.41, 5.74) is 1.02. The van der Waals surface area contributed by atoms with Gasteiger partial charge in [0.05, 0.1) is 11.3 Å².